The van der Waals surface area contributed by atoms with Gasteiger partial charge < -0.3 is 10.6 Å². The maximum Gasteiger partial charge on any atom is 0.256 e. The smallest absolute Gasteiger partial charge is 0.256 e. The summed E-state index contributed by atoms with van der Waals surface area (Å²) in [6.45, 7) is 0. The minimum Gasteiger partial charge on any atom is -0.306 e. The molecule has 0 saturated carbocycles. The lowest BCUT2D eigenvalue weighted by atomic mass is 9.99. The standard InChI is InChI=1S/C27H17N5O2/c33-26(16-7-3-1-4-8-16)31-24-18-11-13-20-23-21(29-15-28-20)14-12-19(22(18)23)25(30-24)32-27(34)17-9-5-2-6-10-17/h1-15H,(H2,30,31,32,33,34). The number of amides is 2. The van der Waals surface area contributed by atoms with Crippen molar-refractivity contribution in [2.24, 2.45) is 0 Å². The van der Waals surface area contributed by atoms with Crippen molar-refractivity contribution in [1.82, 2.24) is 15.0 Å². The average Bonchev–Trinajstić information content (AvgIpc) is 2.89. The molecule has 7 heteroatoms. The number of carbonyl (C=O) groups is 2. The van der Waals surface area contributed by atoms with Gasteiger partial charge in [-0.15, -0.1) is 0 Å². The lowest BCUT2D eigenvalue weighted by Crippen LogP contribution is -2.17. The number of anilines is 2. The van der Waals surface area contributed by atoms with Gasteiger partial charge in [-0.2, -0.15) is 0 Å². The Morgan fingerprint density at radius 3 is 1.50 bits per heavy atom. The number of hydrogen-bond acceptors (Lipinski definition) is 5. The zero-order chi connectivity index (χ0) is 23.1. The highest BCUT2D eigenvalue weighted by molar-refractivity contribution is 6.27. The van der Waals surface area contributed by atoms with E-state index >= 15 is 0 Å². The summed E-state index contributed by atoms with van der Waals surface area (Å²) in [7, 11) is 0. The average molecular weight is 443 g/mol. The van der Waals surface area contributed by atoms with Crippen LogP contribution in [0.5, 0.6) is 0 Å². The number of benzene rings is 4. The summed E-state index contributed by atoms with van der Waals surface area (Å²) in [5, 5.41) is 9.01. The van der Waals surface area contributed by atoms with Gasteiger partial charge >= 0.3 is 0 Å². The molecule has 0 bridgehead atoms. The Bertz CT molecular complexity index is 1570. The highest BCUT2D eigenvalue weighted by Crippen LogP contribution is 2.38. The minimum atomic E-state index is -0.292. The maximum absolute atomic E-state index is 13.0. The lowest BCUT2D eigenvalue weighted by molar-refractivity contribution is 0.101. The van der Waals surface area contributed by atoms with Gasteiger partial charge in [0, 0.05) is 32.7 Å². The summed E-state index contributed by atoms with van der Waals surface area (Å²) < 4.78 is 0. The molecular weight excluding hydrogens is 426 g/mol. The fraction of sp³-hybridized carbons (Fsp3) is 0. The van der Waals surface area contributed by atoms with E-state index in [1.807, 2.05) is 36.4 Å². The first-order valence-corrected chi connectivity index (χ1v) is 10.7. The van der Waals surface area contributed by atoms with Gasteiger partial charge in [-0.05, 0) is 48.5 Å². The number of nitrogens with one attached hydrogen (secondary N) is 2. The Labute approximate surface area is 193 Å². The number of hydrogen-bond donors (Lipinski definition) is 2. The second-order valence-corrected chi connectivity index (χ2v) is 7.84. The van der Waals surface area contributed by atoms with E-state index in [2.05, 4.69) is 25.6 Å². The highest BCUT2D eigenvalue weighted by atomic mass is 16.2. The minimum absolute atomic E-state index is 0.292. The molecule has 0 atom stereocenters. The molecule has 2 heterocycles. The number of aromatic nitrogens is 3. The molecule has 162 valence electrons. The summed E-state index contributed by atoms with van der Waals surface area (Å²) >= 11 is 0. The molecule has 2 N–H and O–H groups in total. The molecule has 0 aliphatic carbocycles. The van der Waals surface area contributed by atoms with E-state index in [0.717, 1.165) is 32.6 Å². The van der Waals surface area contributed by atoms with E-state index in [-0.39, 0.29) is 11.8 Å². The Hall–Kier alpha value is -4.91. The first-order valence-electron chi connectivity index (χ1n) is 10.7. The van der Waals surface area contributed by atoms with Crippen LogP contribution in [0.1, 0.15) is 20.7 Å². The van der Waals surface area contributed by atoms with Crippen LogP contribution in [0.25, 0.3) is 32.6 Å². The van der Waals surface area contributed by atoms with Crippen LogP contribution in [-0.2, 0) is 0 Å². The second-order valence-electron chi connectivity index (χ2n) is 7.84. The largest absolute Gasteiger partial charge is 0.306 e. The summed E-state index contributed by atoms with van der Waals surface area (Å²) in [5.74, 6) is 0.116. The third-order valence-electron chi connectivity index (χ3n) is 5.78. The second kappa shape index (κ2) is 7.90. The molecule has 2 aromatic heterocycles. The van der Waals surface area contributed by atoms with Crippen LogP contribution in [0, 0.1) is 0 Å². The lowest BCUT2D eigenvalue weighted by Gasteiger charge is -2.16. The van der Waals surface area contributed by atoms with Crippen molar-refractivity contribution in [3.8, 4) is 0 Å². The number of carbonyl (C=O) groups excluding carboxylic acids is 2. The Morgan fingerprint density at radius 2 is 1.03 bits per heavy atom. The van der Waals surface area contributed by atoms with Gasteiger partial charge in [-0.1, -0.05) is 36.4 Å². The predicted octanol–water partition coefficient (Wildman–Crippen LogP) is 5.27. The fourth-order valence-electron chi connectivity index (χ4n) is 4.18. The Balaban J connectivity index is 1.56. The molecule has 6 aromatic rings. The van der Waals surface area contributed by atoms with Crippen molar-refractivity contribution in [2.45, 2.75) is 0 Å². The topological polar surface area (TPSA) is 96.9 Å². The summed E-state index contributed by atoms with van der Waals surface area (Å²) in [6, 6.07) is 25.4. The van der Waals surface area contributed by atoms with Crippen LogP contribution in [0.15, 0.2) is 91.3 Å². The van der Waals surface area contributed by atoms with E-state index in [1.54, 1.807) is 48.5 Å². The van der Waals surface area contributed by atoms with Gasteiger partial charge in [-0.25, -0.2) is 15.0 Å². The van der Waals surface area contributed by atoms with Crippen LogP contribution >= 0.6 is 0 Å². The van der Waals surface area contributed by atoms with E-state index in [9.17, 15) is 9.59 Å². The van der Waals surface area contributed by atoms with Gasteiger partial charge in [-0.3, -0.25) is 9.59 Å². The fourth-order valence-corrected chi connectivity index (χ4v) is 4.18. The van der Waals surface area contributed by atoms with Crippen LogP contribution in [0.4, 0.5) is 11.6 Å². The van der Waals surface area contributed by atoms with Crippen LogP contribution < -0.4 is 10.6 Å². The Kier molecular flexibility index (Phi) is 4.59. The molecule has 0 aliphatic rings. The molecule has 2 amide bonds. The molecule has 34 heavy (non-hydrogen) atoms. The van der Waals surface area contributed by atoms with Gasteiger partial charge in [0.05, 0.1) is 11.0 Å². The van der Waals surface area contributed by atoms with E-state index in [1.165, 1.54) is 6.33 Å². The van der Waals surface area contributed by atoms with Gasteiger partial charge in [0.25, 0.3) is 11.8 Å². The van der Waals surface area contributed by atoms with E-state index in [0.29, 0.717) is 22.8 Å². The van der Waals surface area contributed by atoms with Crippen molar-refractivity contribution in [2.75, 3.05) is 10.6 Å². The Morgan fingerprint density at radius 1 is 0.559 bits per heavy atom. The molecule has 0 radical (unpaired) electrons. The zero-order valence-electron chi connectivity index (χ0n) is 17.8. The first-order chi connectivity index (χ1) is 16.7. The number of pyridine rings is 1. The van der Waals surface area contributed by atoms with E-state index < -0.39 is 0 Å². The molecule has 0 aliphatic heterocycles. The van der Waals surface area contributed by atoms with E-state index in [4.69, 9.17) is 0 Å². The van der Waals surface area contributed by atoms with Crippen molar-refractivity contribution in [3.05, 3.63) is 102 Å². The highest BCUT2D eigenvalue weighted by Gasteiger charge is 2.20. The van der Waals surface area contributed by atoms with Crippen molar-refractivity contribution in [3.63, 3.8) is 0 Å². The molecule has 0 saturated heterocycles. The normalized spacial score (nSPS) is 11.2. The molecule has 0 fully saturated rings. The summed E-state index contributed by atoms with van der Waals surface area (Å²) in [6.07, 6.45) is 1.52. The van der Waals surface area contributed by atoms with Gasteiger partial charge in [0.2, 0.25) is 0 Å². The molecule has 0 unspecified atom stereocenters. The molecule has 4 aromatic carbocycles. The zero-order valence-corrected chi connectivity index (χ0v) is 17.8. The van der Waals surface area contributed by atoms with Gasteiger partial charge in [0.1, 0.15) is 18.0 Å². The molecule has 7 nitrogen and oxygen atoms in total. The quantitative estimate of drug-likeness (QED) is 0.362. The summed E-state index contributed by atoms with van der Waals surface area (Å²) in [5.41, 5.74) is 2.56. The van der Waals surface area contributed by atoms with Gasteiger partial charge in [0.15, 0.2) is 0 Å². The molecule has 6 rings (SSSR count). The summed E-state index contributed by atoms with van der Waals surface area (Å²) in [4.78, 5) is 39.4. The third kappa shape index (κ3) is 3.27. The van der Waals surface area contributed by atoms with Crippen LogP contribution in [0.3, 0.4) is 0 Å². The third-order valence-corrected chi connectivity index (χ3v) is 5.78. The first kappa shape index (κ1) is 19.8. The molecular formula is C27H17N5O2. The van der Waals surface area contributed by atoms with Crippen molar-refractivity contribution < 1.29 is 9.59 Å². The van der Waals surface area contributed by atoms with Crippen molar-refractivity contribution in [1.29, 1.82) is 0 Å². The maximum atomic E-state index is 13.0. The number of nitrogens with zero attached hydrogens (tertiary/aromatic N) is 3. The SMILES string of the molecule is O=C(Nc1nc(NC(=O)c2ccccc2)c2ccc3ncnc4ccc1c2c43)c1ccccc1. The van der Waals surface area contributed by atoms with Crippen molar-refractivity contribution >= 4 is 56.0 Å². The number of rotatable bonds is 4. The predicted molar refractivity (Wildman–Crippen MR) is 132 cm³/mol. The molecule has 0 spiro atoms. The monoisotopic (exact) mass is 443 g/mol. The van der Waals surface area contributed by atoms with Crippen LogP contribution in [-0.4, -0.2) is 26.8 Å². The van der Waals surface area contributed by atoms with Crippen LogP contribution in [0.2, 0.25) is 0 Å².